The van der Waals surface area contributed by atoms with Crippen LogP contribution < -0.4 is 15.8 Å². The molecule has 0 aliphatic heterocycles. The quantitative estimate of drug-likeness (QED) is 0.741. The summed E-state index contributed by atoms with van der Waals surface area (Å²) in [6, 6.07) is 6.60. The number of nitrogens with one attached hydrogen (secondary N) is 2. The molecular formula is C14H21N3O3S. The molecule has 1 amide bonds. The summed E-state index contributed by atoms with van der Waals surface area (Å²) >= 11 is 0. The highest BCUT2D eigenvalue weighted by atomic mass is 32.2. The van der Waals surface area contributed by atoms with Gasteiger partial charge in [0.2, 0.25) is 15.9 Å². The predicted octanol–water partition coefficient (Wildman–Crippen LogP) is 1.52. The number of nitrogens with two attached hydrogens (primary N) is 1. The van der Waals surface area contributed by atoms with E-state index in [1.54, 1.807) is 31.2 Å². The molecule has 1 saturated carbocycles. The lowest BCUT2D eigenvalue weighted by Crippen LogP contribution is -2.47. The van der Waals surface area contributed by atoms with Crippen LogP contribution in [0.5, 0.6) is 0 Å². The Kier molecular flexibility index (Phi) is 4.53. The van der Waals surface area contributed by atoms with Crippen molar-refractivity contribution in [3.63, 3.8) is 0 Å². The first kappa shape index (κ1) is 15.8. The van der Waals surface area contributed by atoms with Gasteiger partial charge in [0.05, 0.1) is 11.2 Å². The zero-order valence-electron chi connectivity index (χ0n) is 12.1. The average Bonchev–Trinajstić information content (AvgIpc) is 2.40. The van der Waals surface area contributed by atoms with Gasteiger partial charge in [0, 0.05) is 17.9 Å². The molecule has 1 aliphatic rings. The largest absolute Gasteiger partial charge is 0.329 e. The van der Waals surface area contributed by atoms with Gasteiger partial charge >= 0.3 is 0 Å². The third-order valence-corrected chi connectivity index (χ3v) is 5.29. The maximum Gasteiger partial charge on any atom is 0.232 e. The summed E-state index contributed by atoms with van der Waals surface area (Å²) in [5.74, 6) is -0.0389. The summed E-state index contributed by atoms with van der Waals surface area (Å²) in [6.45, 7) is 1.93. The Bertz CT molecular complexity index is 601. The second kappa shape index (κ2) is 6.03. The highest BCUT2D eigenvalue weighted by molar-refractivity contribution is 7.92. The Morgan fingerprint density at radius 1 is 1.24 bits per heavy atom. The highest BCUT2D eigenvalue weighted by Crippen LogP contribution is 2.40. The van der Waals surface area contributed by atoms with Gasteiger partial charge < -0.3 is 11.1 Å². The molecule has 0 bridgehead atoms. The minimum Gasteiger partial charge on any atom is -0.329 e. The minimum atomic E-state index is -3.28. The van der Waals surface area contributed by atoms with Crippen LogP contribution in [0.1, 0.15) is 26.2 Å². The number of sulfonamides is 1. The fourth-order valence-corrected chi connectivity index (χ4v) is 2.90. The summed E-state index contributed by atoms with van der Waals surface area (Å²) in [4.78, 5) is 12.2. The first-order chi connectivity index (χ1) is 9.91. The molecule has 1 fully saturated rings. The fraction of sp³-hybridized carbons (Fsp3) is 0.500. The van der Waals surface area contributed by atoms with E-state index in [9.17, 15) is 13.2 Å². The first-order valence-electron chi connectivity index (χ1n) is 7.03. The van der Waals surface area contributed by atoms with Gasteiger partial charge in [-0.3, -0.25) is 9.52 Å². The molecule has 0 saturated heterocycles. The number of anilines is 2. The van der Waals surface area contributed by atoms with Crippen LogP contribution >= 0.6 is 0 Å². The monoisotopic (exact) mass is 311 g/mol. The van der Waals surface area contributed by atoms with E-state index in [0.29, 0.717) is 17.9 Å². The molecule has 21 heavy (non-hydrogen) atoms. The molecule has 0 unspecified atom stereocenters. The molecule has 1 aromatic carbocycles. The number of hydrogen-bond donors (Lipinski definition) is 3. The fourth-order valence-electron chi connectivity index (χ4n) is 2.26. The van der Waals surface area contributed by atoms with Crippen LogP contribution in [0.4, 0.5) is 11.4 Å². The molecule has 7 heteroatoms. The van der Waals surface area contributed by atoms with Gasteiger partial charge in [0.1, 0.15) is 0 Å². The maximum absolute atomic E-state index is 12.2. The van der Waals surface area contributed by atoms with E-state index in [2.05, 4.69) is 10.0 Å². The topological polar surface area (TPSA) is 101 Å². The lowest BCUT2D eigenvalue weighted by atomic mass is 9.68. The first-order valence-corrected chi connectivity index (χ1v) is 8.68. The van der Waals surface area contributed by atoms with Crippen molar-refractivity contribution in [1.82, 2.24) is 0 Å². The number of amides is 1. The Morgan fingerprint density at radius 2 is 1.81 bits per heavy atom. The van der Waals surface area contributed by atoms with E-state index >= 15 is 0 Å². The van der Waals surface area contributed by atoms with Crippen molar-refractivity contribution in [2.24, 2.45) is 11.1 Å². The van der Waals surface area contributed by atoms with E-state index < -0.39 is 15.4 Å². The Labute approximate surface area is 125 Å². The summed E-state index contributed by atoms with van der Waals surface area (Å²) in [5, 5.41) is 2.84. The summed E-state index contributed by atoms with van der Waals surface area (Å²) < 4.78 is 25.4. The van der Waals surface area contributed by atoms with Gasteiger partial charge in [0.15, 0.2) is 0 Å². The van der Waals surface area contributed by atoms with Gasteiger partial charge in [0.25, 0.3) is 0 Å². The van der Waals surface area contributed by atoms with Crippen molar-refractivity contribution in [2.45, 2.75) is 26.2 Å². The van der Waals surface area contributed by atoms with E-state index in [0.717, 1.165) is 19.3 Å². The molecule has 116 valence electrons. The second-order valence-corrected chi connectivity index (χ2v) is 7.39. The van der Waals surface area contributed by atoms with Gasteiger partial charge in [-0.1, -0.05) is 6.42 Å². The van der Waals surface area contributed by atoms with Gasteiger partial charge in [-0.05, 0) is 44.0 Å². The summed E-state index contributed by atoms with van der Waals surface area (Å²) in [5.41, 5.74) is 6.38. The molecule has 0 spiro atoms. The molecule has 2 rings (SSSR count). The second-order valence-electron chi connectivity index (χ2n) is 5.37. The lowest BCUT2D eigenvalue weighted by molar-refractivity contribution is -0.129. The molecule has 1 aliphatic carbocycles. The molecule has 4 N–H and O–H groups in total. The SMILES string of the molecule is CCS(=O)(=O)Nc1ccc(NC(=O)C2(CN)CCC2)cc1. The molecule has 0 atom stereocenters. The number of rotatable bonds is 6. The molecule has 0 radical (unpaired) electrons. The van der Waals surface area contributed by atoms with Crippen LogP contribution in [0.3, 0.4) is 0 Å². The summed E-state index contributed by atoms with van der Waals surface area (Å²) in [6.07, 6.45) is 2.68. The van der Waals surface area contributed by atoms with E-state index in [-0.39, 0.29) is 11.7 Å². The zero-order chi connectivity index (χ0) is 15.5. The van der Waals surface area contributed by atoms with Crippen LogP contribution in [-0.4, -0.2) is 26.6 Å². The lowest BCUT2D eigenvalue weighted by Gasteiger charge is -2.39. The van der Waals surface area contributed by atoms with Crippen molar-refractivity contribution < 1.29 is 13.2 Å². The van der Waals surface area contributed by atoms with E-state index in [1.807, 2.05) is 0 Å². The molecule has 0 aromatic heterocycles. The van der Waals surface area contributed by atoms with Crippen LogP contribution in [0.25, 0.3) is 0 Å². The standard InChI is InChI=1S/C14H21N3O3S/c1-2-21(19,20)17-12-6-4-11(5-7-12)16-13(18)14(10-15)8-3-9-14/h4-7,17H,2-3,8-10,15H2,1H3,(H,16,18). The maximum atomic E-state index is 12.2. The van der Waals surface area contributed by atoms with E-state index in [1.165, 1.54) is 0 Å². The van der Waals surface area contributed by atoms with Crippen molar-refractivity contribution in [2.75, 3.05) is 22.3 Å². The van der Waals surface area contributed by atoms with Crippen molar-refractivity contribution in [1.29, 1.82) is 0 Å². The van der Waals surface area contributed by atoms with Crippen LogP contribution in [-0.2, 0) is 14.8 Å². The van der Waals surface area contributed by atoms with Gasteiger partial charge in [-0.15, -0.1) is 0 Å². The third kappa shape index (κ3) is 3.54. The third-order valence-electron chi connectivity index (χ3n) is 3.98. The van der Waals surface area contributed by atoms with Crippen LogP contribution in [0, 0.1) is 5.41 Å². The van der Waals surface area contributed by atoms with Crippen LogP contribution in [0.2, 0.25) is 0 Å². The molecule has 1 aromatic rings. The zero-order valence-corrected chi connectivity index (χ0v) is 12.9. The molecule has 6 nitrogen and oxygen atoms in total. The number of carbonyl (C=O) groups is 1. The number of benzene rings is 1. The van der Waals surface area contributed by atoms with E-state index in [4.69, 9.17) is 5.73 Å². The number of carbonyl (C=O) groups excluding carboxylic acids is 1. The predicted molar refractivity (Wildman–Crippen MR) is 83.5 cm³/mol. The van der Waals surface area contributed by atoms with Crippen LogP contribution in [0.15, 0.2) is 24.3 Å². The van der Waals surface area contributed by atoms with Gasteiger partial charge in [-0.2, -0.15) is 0 Å². The number of hydrogen-bond acceptors (Lipinski definition) is 4. The Hall–Kier alpha value is -1.60. The van der Waals surface area contributed by atoms with Gasteiger partial charge in [-0.25, -0.2) is 8.42 Å². The Balaban J connectivity index is 2.01. The minimum absolute atomic E-state index is 0.0184. The normalized spacial score (nSPS) is 16.9. The highest BCUT2D eigenvalue weighted by Gasteiger charge is 2.42. The van der Waals surface area contributed by atoms with Crippen molar-refractivity contribution in [3.8, 4) is 0 Å². The average molecular weight is 311 g/mol. The summed E-state index contributed by atoms with van der Waals surface area (Å²) in [7, 11) is -3.28. The Morgan fingerprint density at radius 3 is 2.24 bits per heavy atom. The molecule has 0 heterocycles. The van der Waals surface area contributed by atoms with Crippen molar-refractivity contribution >= 4 is 27.3 Å². The van der Waals surface area contributed by atoms with Crippen molar-refractivity contribution in [3.05, 3.63) is 24.3 Å². The smallest absolute Gasteiger partial charge is 0.232 e. The molecular weight excluding hydrogens is 290 g/mol.